The Morgan fingerprint density at radius 2 is 1.65 bits per heavy atom. The van der Waals surface area contributed by atoms with E-state index >= 15 is 0 Å². The Morgan fingerprint density at radius 3 is 2.32 bits per heavy atom. The van der Waals surface area contributed by atoms with E-state index < -0.39 is 5.91 Å². The van der Waals surface area contributed by atoms with Crippen LogP contribution in [0.2, 0.25) is 0 Å². The van der Waals surface area contributed by atoms with Gasteiger partial charge in [0.15, 0.2) is 0 Å². The van der Waals surface area contributed by atoms with Gasteiger partial charge in [-0.1, -0.05) is 67.3 Å². The van der Waals surface area contributed by atoms with Crippen molar-refractivity contribution in [1.29, 1.82) is 0 Å². The average molecular weight is 543 g/mol. The van der Waals surface area contributed by atoms with Crippen LogP contribution in [-0.4, -0.2) is 16.0 Å². The first kappa shape index (κ1) is 21.3. The maximum Gasteiger partial charge on any atom is 0.316 e. The number of para-hydroxylation sites is 1. The lowest BCUT2D eigenvalue weighted by atomic mass is 10.1. The Morgan fingerprint density at radius 1 is 1.00 bits per heavy atom. The lowest BCUT2D eigenvalue weighted by molar-refractivity contribution is 0.0907. The van der Waals surface area contributed by atoms with E-state index in [4.69, 9.17) is 9.26 Å². The highest BCUT2D eigenvalue weighted by atomic mass is 79.9. The van der Waals surface area contributed by atoms with Crippen molar-refractivity contribution in [3.05, 3.63) is 92.7 Å². The van der Waals surface area contributed by atoms with Crippen LogP contribution in [0.15, 0.2) is 80.2 Å². The lowest BCUT2D eigenvalue weighted by Crippen LogP contribution is -2.23. The van der Waals surface area contributed by atoms with Crippen molar-refractivity contribution >= 4 is 37.8 Å². The number of nitrogens with zero attached hydrogens (tertiary/aromatic N) is 2. The number of rotatable bonds is 6. The number of aromatic nitrogens is 2. The van der Waals surface area contributed by atoms with Crippen LogP contribution in [0.5, 0.6) is 11.5 Å². The molecule has 0 radical (unpaired) electrons. The predicted molar refractivity (Wildman–Crippen MR) is 124 cm³/mol. The van der Waals surface area contributed by atoms with Gasteiger partial charge >= 0.3 is 11.8 Å². The zero-order valence-electron chi connectivity index (χ0n) is 16.4. The van der Waals surface area contributed by atoms with E-state index in [0.717, 1.165) is 37.1 Å². The number of carbonyl (C=O) groups excluding carboxylic acids is 1. The van der Waals surface area contributed by atoms with Crippen LogP contribution in [0, 0.1) is 6.92 Å². The normalized spacial score (nSPS) is 10.7. The predicted octanol–water partition coefficient (Wildman–Crippen LogP) is 6.29. The summed E-state index contributed by atoms with van der Waals surface area (Å²) in [6, 6.07) is 20.8. The largest absolute Gasteiger partial charge is 0.457 e. The van der Waals surface area contributed by atoms with Crippen molar-refractivity contribution in [2.75, 3.05) is 0 Å². The van der Waals surface area contributed by atoms with Gasteiger partial charge in [0.05, 0.1) is 0 Å². The minimum Gasteiger partial charge on any atom is -0.457 e. The summed E-state index contributed by atoms with van der Waals surface area (Å²) in [5.41, 5.74) is 2.71. The molecule has 1 N–H and O–H groups in total. The first-order chi connectivity index (χ1) is 15.0. The standard InChI is InChI=1S/C23H17Br2N3O3/c1-14-19(24)11-16(12-20(14)25)21-27-23(31-28-21)22(29)26-13-15-7-9-18(10-8-15)30-17-5-3-2-4-6-17/h2-12H,13H2,1H3,(H,26,29). The molecule has 4 aromatic rings. The number of benzene rings is 3. The maximum absolute atomic E-state index is 12.4. The minimum absolute atomic E-state index is 0.0909. The van der Waals surface area contributed by atoms with Crippen LogP contribution < -0.4 is 10.1 Å². The number of ether oxygens (including phenoxy) is 1. The molecule has 6 nitrogen and oxygen atoms in total. The summed E-state index contributed by atoms with van der Waals surface area (Å²) in [6.07, 6.45) is 0. The van der Waals surface area contributed by atoms with Gasteiger partial charge in [0.2, 0.25) is 5.82 Å². The summed E-state index contributed by atoms with van der Waals surface area (Å²) in [4.78, 5) is 16.6. The second-order valence-electron chi connectivity index (χ2n) is 6.73. The number of nitrogens with one attached hydrogen (secondary N) is 1. The third-order valence-electron chi connectivity index (χ3n) is 4.51. The van der Waals surface area contributed by atoms with Crippen LogP contribution in [-0.2, 0) is 6.54 Å². The zero-order chi connectivity index (χ0) is 21.8. The van der Waals surface area contributed by atoms with Crippen molar-refractivity contribution in [1.82, 2.24) is 15.5 Å². The zero-order valence-corrected chi connectivity index (χ0v) is 19.6. The Hall–Kier alpha value is -2.97. The van der Waals surface area contributed by atoms with E-state index in [0.29, 0.717) is 12.4 Å². The molecule has 0 spiro atoms. The highest BCUT2D eigenvalue weighted by Gasteiger charge is 2.17. The smallest absolute Gasteiger partial charge is 0.316 e. The summed E-state index contributed by atoms with van der Waals surface area (Å²) in [6.45, 7) is 2.30. The third kappa shape index (κ3) is 5.21. The molecular weight excluding hydrogens is 526 g/mol. The third-order valence-corrected chi connectivity index (χ3v) is 6.16. The first-order valence-corrected chi connectivity index (χ1v) is 11.0. The Kier molecular flexibility index (Phi) is 6.48. The molecule has 0 saturated heterocycles. The lowest BCUT2D eigenvalue weighted by Gasteiger charge is -2.07. The summed E-state index contributed by atoms with van der Waals surface area (Å²) in [5, 5.41) is 6.71. The molecule has 0 aliphatic carbocycles. The molecule has 3 aromatic carbocycles. The molecular formula is C23H17Br2N3O3. The van der Waals surface area contributed by atoms with Crippen LogP contribution >= 0.6 is 31.9 Å². The Bertz CT molecular complexity index is 1190. The summed E-state index contributed by atoms with van der Waals surface area (Å²) in [5.74, 6) is 1.30. The molecule has 0 atom stereocenters. The molecule has 1 aromatic heterocycles. The Balaban J connectivity index is 1.37. The van der Waals surface area contributed by atoms with Crippen LogP contribution in [0.3, 0.4) is 0 Å². The number of amides is 1. The summed E-state index contributed by atoms with van der Waals surface area (Å²) < 4.78 is 12.7. The van der Waals surface area contributed by atoms with Gasteiger partial charge in [-0.3, -0.25) is 4.79 Å². The fourth-order valence-electron chi connectivity index (χ4n) is 2.77. The second kappa shape index (κ2) is 9.45. The van der Waals surface area contributed by atoms with Crippen molar-refractivity contribution in [2.45, 2.75) is 13.5 Å². The van der Waals surface area contributed by atoms with Gasteiger partial charge in [0.1, 0.15) is 11.5 Å². The summed E-state index contributed by atoms with van der Waals surface area (Å²) >= 11 is 7.00. The van der Waals surface area contributed by atoms with Crippen LogP contribution in [0.4, 0.5) is 0 Å². The van der Waals surface area contributed by atoms with E-state index in [2.05, 4.69) is 47.3 Å². The molecule has 4 rings (SSSR count). The van der Waals surface area contributed by atoms with Gasteiger partial charge in [-0.25, -0.2) is 0 Å². The molecule has 8 heteroatoms. The molecule has 31 heavy (non-hydrogen) atoms. The van der Waals surface area contributed by atoms with E-state index in [9.17, 15) is 4.79 Å². The van der Waals surface area contributed by atoms with Crippen molar-refractivity contribution in [3.63, 3.8) is 0 Å². The van der Waals surface area contributed by atoms with Gasteiger partial charge in [-0.15, -0.1) is 0 Å². The van der Waals surface area contributed by atoms with Gasteiger partial charge in [-0.2, -0.15) is 4.98 Å². The molecule has 1 amide bonds. The van der Waals surface area contributed by atoms with E-state index in [1.165, 1.54) is 0 Å². The molecule has 1 heterocycles. The van der Waals surface area contributed by atoms with Crippen molar-refractivity contribution in [2.24, 2.45) is 0 Å². The van der Waals surface area contributed by atoms with Crippen molar-refractivity contribution in [3.8, 4) is 22.9 Å². The number of carbonyl (C=O) groups is 1. The topological polar surface area (TPSA) is 77.2 Å². The number of hydrogen-bond donors (Lipinski definition) is 1. The fourth-order valence-corrected chi connectivity index (χ4v) is 3.95. The SMILES string of the molecule is Cc1c(Br)cc(-c2noc(C(=O)NCc3ccc(Oc4ccccc4)cc3)n2)cc1Br. The molecule has 0 bridgehead atoms. The first-order valence-electron chi connectivity index (χ1n) is 9.39. The molecule has 0 fully saturated rings. The van der Waals surface area contributed by atoms with Gasteiger partial charge in [0, 0.05) is 21.1 Å². The average Bonchev–Trinajstić information content (AvgIpc) is 3.28. The quantitative estimate of drug-likeness (QED) is 0.309. The highest BCUT2D eigenvalue weighted by molar-refractivity contribution is 9.11. The molecule has 0 unspecified atom stereocenters. The van der Waals surface area contributed by atoms with Crippen LogP contribution in [0.25, 0.3) is 11.4 Å². The van der Waals surface area contributed by atoms with Gasteiger partial charge in [-0.05, 0) is 54.4 Å². The second-order valence-corrected chi connectivity index (χ2v) is 8.44. The van der Waals surface area contributed by atoms with E-state index in [1.807, 2.05) is 73.7 Å². The molecule has 156 valence electrons. The van der Waals surface area contributed by atoms with E-state index in [1.54, 1.807) is 0 Å². The van der Waals surface area contributed by atoms with Crippen molar-refractivity contribution < 1.29 is 14.1 Å². The van der Waals surface area contributed by atoms with E-state index in [-0.39, 0.29) is 5.89 Å². The minimum atomic E-state index is -0.436. The maximum atomic E-state index is 12.4. The number of hydrogen-bond acceptors (Lipinski definition) is 5. The number of halogens is 2. The Labute approximate surface area is 195 Å². The monoisotopic (exact) mass is 541 g/mol. The van der Waals surface area contributed by atoms with Gasteiger partial charge in [0.25, 0.3) is 0 Å². The molecule has 0 aliphatic heterocycles. The van der Waals surface area contributed by atoms with Gasteiger partial charge < -0.3 is 14.6 Å². The fraction of sp³-hybridized carbons (Fsp3) is 0.0870. The highest BCUT2D eigenvalue weighted by Crippen LogP contribution is 2.30. The molecule has 0 saturated carbocycles. The molecule has 0 aliphatic rings. The summed E-state index contributed by atoms with van der Waals surface area (Å²) in [7, 11) is 0. The van der Waals surface area contributed by atoms with Crippen LogP contribution in [0.1, 0.15) is 21.8 Å².